The number of methoxy groups -OCH3 is 1. The largest absolute Gasteiger partial charge is 0.393 e. The maximum atomic E-state index is 14.1. The summed E-state index contributed by atoms with van der Waals surface area (Å²) in [5.41, 5.74) is 2.39. The summed E-state index contributed by atoms with van der Waals surface area (Å²) in [6.07, 6.45) is 1.11. The predicted molar refractivity (Wildman–Crippen MR) is 127 cm³/mol. The number of nitrogens with zero attached hydrogens (tertiary/aromatic N) is 5. The van der Waals surface area contributed by atoms with Crippen LogP contribution in [0.2, 0.25) is 0 Å². The number of aromatic nitrogens is 3. The number of benzene rings is 1. The number of anilines is 2. The second-order valence-electron chi connectivity index (χ2n) is 8.70. The van der Waals surface area contributed by atoms with Crippen molar-refractivity contribution in [3.05, 3.63) is 53.4 Å². The number of halogens is 2. The van der Waals surface area contributed by atoms with Crippen molar-refractivity contribution in [2.45, 2.75) is 32.5 Å². The van der Waals surface area contributed by atoms with Crippen molar-refractivity contribution in [2.75, 3.05) is 50.1 Å². The molecule has 0 radical (unpaired) electrons. The SMILES string of the molecule is COC(CO)c1cc2nc(N3CCN(Cc4ccc(F)cc4F)CC3)c(NC(C)C)nc2cn1. The summed E-state index contributed by atoms with van der Waals surface area (Å²) < 4.78 is 32.6. The lowest BCUT2D eigenvalue weighted by molar-refractivity contribution is 0.0456. The molecule has 1 aromatic carbocycles. The molecule has 0 saturated carbocycles. The third-order valence-electron chi connectivity index (χ3n) is 5.84. The summed E-state index contributed by atoms with van der Waals surface area (Å²) in [4.78, 5) is 18.4. The van der Waals surface area contributed by atoms with Crippen molar-refractivity contribution in [3.8, 4) is 0 Å². The van der Waals surface area contributed by atoms with Crippen LogP contribution in [-0.2, 0) is 11.3 Å². The van der Waals surface area contributed by atoms with E-state index in [2.05, 4.69) is 20.1 Å². The fourth-order valence-electron chi connectivity index (χ4n) is 4.03. The Balaban J connectivity index is 1.56. The van der Waals surface area contributed by atoms with Crippen molar-refractivity contribution in [1.29, 1.82) is 0 Å². The zero-order valence-corrected chi connectivity index (χ0v) is 19.6. The molecule has 2 N–H and O–H groups in total. The molecule has 1 aliphatic rings. The molecule has 182 valence electrons. The molecule has 0 amide bonds. The fourth-order valence-corrected chi connectivity index (χ4v) is 4.03. The highest BCUT2D eigenvalue weighted by Crippen LogP contribution is 2.28. The first-order chi connectivity index (χ1) is 16.4. The smallest absolute Gasteiger partial charge is 0.172 e. The Morgan fingerprint density at radius 2 is 1.85 bits per heavy atom. The molecule has 3 aromatic rings. The van der Waals surface area contributed by atoms with Crippen LogP contribution >= 0.6 is 0 Å². The molecule has 1 unspecified atom stereocenters. The normalized spacial score (nSPS) is 15.8. The Labute approximate surface area is 197 Å². The van der Waals surface area contributed by atoms with Gasteiger partial charge in [-0.3, -0.25) is 9.88 Å². The molecule has 4 rings (SSSR count). The minimum Gasteiger partial charge on any atom is -0.393 e. The summed E-state index contributed by atoms with van der Waals surface area (Å²) >= 11 is 0. The van der Waals surface area contributed by atoms with E-state index >= 15 is 0 Å². The molecule has 0 aliphatic carbocycles. The summed E-state index contributed by atoms with van der Waals surface area (Å²) in [6, 6.07) is 5.67. The summed E-state index contributed by atoms with van der Waals surface area (Å²) in [5.74, 6) is 0.331. The van der Waals surface area contributed by atoms with Crippen LogP contribution in [0.4, 0.5) is 20.4 Å². The highest BCUT2D eigenvalue weighted by molar-refractivity contribution is 5.80. The molecule has 8 nitrogen and oxygen atoms in total. The first kappa shape index (κ1) is 24.2. The second kappa shape index (κ2) is 10.5. The van der Waals surface area contributed by atoms with Crippen LogP contribution in [0.1, 0.15) is 31.2 Å². The monoisotopic (exact) mass is 472 g/mol. The quantitative estimate of drug-likeness (QED) is 0.517. The van der Waals surface area contributed by atoms with E-state index < -0.39 is 17.7 Å². The molecule has 3 heterocycles. The Hall–Kier alpha value is -2.95. The topological polar surface area (TPSA) is 86.6 Å². The molecule has 1 fully saturated rings. The summed E-state index contributed by atoms with van der Waals surface area (Å²) in [7, 11) is 1.52. The van der Waals surface area contributed by atoms with Crippen LogP contribution in [0.3, 0.4) is 0 Å². The lowest BCUT2D eigenvalue weighted by atomic mass is 10.1. The van der Waals surface area contributed by atoms with Gasteiger partial charge < -0.3 is 20.1 Å². The molecule has 1 aliphatic heterocycles. The molecule has 10 heteroatoms. The van der Waals surface area contributed by atoms with E-state index in [1.165, 1.54) is 19.2 Å². The van der Waals surface area contributed by atoms with Gasteiger partial charge in [-0.2, -0.15) is 0 Å². The van der Waals surface area contributed by atoms with Gasteiger partial charge >= 0.3 is 0 Å². The number of rotatable bonds is 8. The van der Waals surface area contributed by atoms with Crippen LogP contribution in [0.5, 0.6) is 0 Å². The predicted octanol–water partition coefficient (Wildman–Crippen LogP) is 3.13. The fraction of sp³-hybridized carbons (Fsp3) is 0.458. The van der Waals surface area contributed by atoms with Gasteiger partial charge in [-0.25, -0.2) is 18.7 Å². The minimum absolute atomic E-state index is 0.160. The third-order valence-corrected chi connectivity index (χ3v) is 5.84. The van der Waals surface area contributed by atoms with Gasteiger partial charge in [0.2, 0.25) is 0 Å². The molecular formula is C24H30F2N6O2. The van der Waals surface area contributed by atoms with Crippen molar-refractivity contribution in [3.63, 3.8) is 0 Å². The van der Waals surface area contributed by atoms with Gasteiger partial charge in [0.25, 0.3) is 0 Å². The minimum atomic E-state index is -0.569. The molecule has 2 aromatic heterocycles. The molecule has 1 atom stereocenters. The molecule has 0 spiro atoms. The van der Waals surface area contributed by atoms with Crippen LogP contribution in [-0.4, -0.2) is 70.9 Å². The Morgan fingerprint density at radius 1 is 1.09 bits per heavy atom. The van der Waals surface area contributed by atoms with Gasteiger partial charge in [0, 0.05) is 57.5 Å². The first-order valence-electron chi connectivity index (χ1n) is 11.4. The lowest BCUT2D eigenvalue weighted by Crippen LogP contribution is -2.46. The zero-order valence-electron chi connectivity index (χ0n) is 19.6. The van der Waals surface area contributed by atoms with E-state index in [0.29, 0.717) is 60.8 Å². The van der Waals surface area contributed by atoms with Crippen molar-refractivity contribution in [1.82, 2.24) is 19.9 Å². The number of hydrogen-bond acceptors (Lipinski definition) is 8. The summed E-state index contributed by atoms with van der Waals surface area (Å²) in [6.45, 7) is 7.10. The highest BCUT2D eigenvalue weighted by atomic mass is 19.1. The molecule has 0 bridgehead atoms. The number of aliphatic hydroxyl groups excluding tert-OH is 1. The standard InChI is InChI=1S/C24H30F2N6O2/c1-15(2)28-23-24(30-19-11-20(22(14-33)34-3)27-12-21(19)29-23)32-8-6-31(7-9-32)13-16-4-5-17(25)10-18(16)26/h4-5,10-12,15,22,33H,6-9,13-14H2,1-3H3,(H,28,29). The summed E-state index contributed by atoms with van der Waals surface area (Å²) in [5, 5.41) is 12.9. The number of hydrogen-bond donors (Lipinski definition) is 2. The van der Waals surface area contributed by atoms with Crippen LogP contribution in [0.25, 0.3) is 11.0 Å². The Morgan fingerprint density at radius 3 is 2.50 bits per heavy atom. The number of ether oxygens (including phenoxy) is 1. The average Bonchev–Trinajstić information content (AvgIpc) is 2.81. The van der Waals surface area contributed by atoms with Crippen LogP contribution in [0, 0.1) is 11.6 Å². The van der Waals surface area contributed by atoms with E-state index in [9.17, 15) is 13.9 Å². The number of aliphatic hydroxyl groups is 1. The van der Waals surface area contributed by atoms with E-state index in [1.54, 1.807) is 12.3 Å². The molecular weight excluding hydrogens is 442 g/mol. The Bertz CT molecular complexity index is 1130. The van der Waals surface area contributed by atoms with Gasteiger partial charge in [-0.05, 0) is 26.0 Å². The lowest BCUT2D eigenvalue weighted by Gasteiger charge is -2.36. The number of nitrogens with one attached hydrogen (secondary N) is 1. The number of fused-ring (bicyclic) bond motifs is 1. The molecule has 1 saturated heterocycles. The maximum absolute atomic E-state index is 14.1. The van der Waals surface area contributed by atoms with E-state index in [-0.39, 0.29) is 12.6 Å². The van der Waals surface area contributed by atoms with Gasteiger partial charge in [0.05, 0.1) is 24.0 Å². The maximum Gasteiger partial charge on any atom is 0.172 e. The van der Waals surface area contributed by atoms with Gasteiger partial charge in [-0.1, -0.05) is 6.07 Å². The number of pyridine rings is 1. The van der Waals surface area contributed by atoms with E-state index in [4.69, 9.17) is 14.7 Å². The van der Waals surface area contributed by atoms with Gasteiger partial charge in [0.15, 0.2) is 11.6 Å². The number of piperazine rings is 1. The van der Waals surface area contributed by atoms with Crippen molar-refractivity contribution in [2.24, 2.45) is 0 Å². The molecule has 34 heavy (non-hydrogen) atoms. The van der Waals surface area contributed by atoms with Gasteiger partial charge in [0.1, 0.15) is 23.3 Å². The van der Waals surface area contributed by atoms with E-state index in [0.717, 1.165) is 11.9 Å². The zero-order chi connectivity index (χ0) is 24.2. The van der Waals surface area contributed by atoms with Gasteiger partial charge in [-0.15, -0.1) is 0 Å². The Kier molecular flexibility index (Phi) is 7.50. The van der Waals surface area contributed by atoms with Crippen molar-refractivity contribution < 1.29 is 18.6 Å². The first-order valence-corrected chi connectivity index (χ1v) is 11.4. The average molecular weight is 473 g/mol. The van der Waals surface area contributed by atoms with Crippen LogP contribution in [0.15, 0.2) is 30.5 Å². The van der Waals surface area contributed by atoms with Crippen molar-refractivity contribution >= 4 is 22.7 Å². The van der Waals surface area contributed by atoms with E-state index in [1.807, 2.05) is 13.8 Å². The third kappa shape index (κ3) is 5.40. The van der Waals surface area contributed by atoms with Crippen LogP contribution < -0.4 is 10.2 Å². The second-order valence-corrected chi connectivity index (χ2v) is 8.70. The highest BCUT2D eigenvalue weighted by Gasteiger charge is 2.23.